The number of fused-ring (bicyclic) bond motifs is 1. The molecule has 0 saturated carbocycles. The Hall–Kier alpha value is -1.76. The topological polar surface area (TPSA) is 9.23 Å². The van der Waals surface area contributed by atoms with Gasteiger partial charge in [0.15, 0.2) is 0 Å². The summed E-state index contributed by atoms with van der Waals surface area (Å²) in [4.78, 5) is 0. The average Bonchev–Trinajstić information content (AvgIpc) is 2.72. The molecule has 1 atom stereocenters. The number of hydrogen-bond donors (Lipinski definition) is 0. The molecule has 0 aromatic heterocycles. The van der Waals surface area contributed by atoms with Gasteiger partial charge in [0.25, 0.3) is 0 Å². The van der Waals surface area contributed by atoms with Crippen LogP contribution in [0.15, 0.2) is 54.6 Å². The number of ether oxygens (including phenoxy) is 1. The molecule has 80 valence electrons. The lowest BCUT2D eigenvalue weighted by Crippen LogP contribution is -2.16. The van der Waals surface area contributed by atoms with Crippen molar-refractivity contribution in [2.45, 2.75) is 18.9 Å². The Morgan fingerprint density at radius 2 is 1.69 bits per heavy atom. The van der Waals surface area contributed by atoms with E-state index in [9.17, 15) is 0 Å². The van der Waals surface area contributed by atoms with E-state index in [0.29, 0.717) is 6.10 Å². The smallest absolute Gasteiger partial charge is 0.123 e. The normalized spacial score (nSPS) is 17.9. The van der Waals surface area contributed by atoms with Crippen LogP contribution in [0, 0.1) is 0 Å². The van der Waals surface area contributed by atoms with Gasteiger partial charge in [-0.05, 0) is 17.2 Å². The second-order valence-corrected chi connectivity index (χ2v) is 4.24. The average molecular weight is 210 g/mol. The van der Waals surface area contributed by atoms with Gasteiger partial charge in [-0.15, -0.1) is 0 Å². The zero-order valence-electron chi connectivity index (χ0n) is 9.10. The van der Waals surface area contributed by atoms with Crippen LogP contribution in [0.2, 0.25) is 0 Å². The largest absolute Gasteiger partial charge is 0.489 e. The Bertz CT molecular complexity index is 451. The van der Waals surface area contributed by atoms with E-state index >= 15 is 0 Å². The van der Waals surface area contributed by atoms with E-state index in [4.69, 9.17) is 4.74 Å². The van der Waals surface area contributed by atoms with Gasteiger partial charge >= 0.3 is 0 Å². The Balaban J connectivity index is 1.73. The summed E-state index contributed by atoms with van der Waals surface area (Å²) in [5.74, 6) is 1.06. The van der Waals surface area contributed by atoms with E-state index < -0.39 is 0 Å². The quantitative estimate of drug-likeness (QED) is 0.739. The number of hydrogen-bond acceptors (Lipinski definition) is 1. The third-order valence-electron chi connectivity index (χ3n) is 3.02. The van der Waals surface area contributed by atoms with Crippen LogP contribution < -0.4 is 4.74 Å². The first kappa shape index (κ1) is 9.46. The minimum atomic E-state index is 0.305. The number of para-hydroxylation sites is 1. The lowest BCUT2D eigenvalue weighted by Gasteiger charge is -2.10. The molecule has 1 heteroatoms. The Kier molecular flexibility index (Phi) is 2.37. The van der Waals surface area contributed by atoms with Crippen LogP contribution in [0.25, 0.3) is 0 Å². The Labute approximate surface area is 95.7 Å². The fourth-order valence-electron chi connectivity index (χ4n) is 2.24. The van der Waals surface area contributed by atoms with Gasteiger partial charge in [0, 0.05) is 12.8 Å². The van der Waals surface area contributed by atoms with Gasteiger partial charge in [0.2, 0.25) is 0 Å². The molecule has 3 rings (SSSR count). The molecule has 0 spiro atoms. The van der Waals surface area contributed by atoms with Gasteiger partial charge in [0.05, 0.1) is 0 Å². The molecular weight excluding hydrogens is 196 g/mol. The van der Waals surface area contributed by atoms with Crippen LogP contribution in [0.3, 0.4) is 0 Å². The standard InChI is InChI=1S/C15H14O/c1-2-6-12(7-3-1)10-14-11-13-8-4-5-9-15(13)16-14/h1-9,14H,10-11H2/t14-/m1/s1. The van der Waals surface area contributed by atoms with Crippen molar-refractivity contribution in [3.05, 3.63) is 65.7 Å². The molecule has 1 heterocycles. The summed E-state index contributed by atoms with van der Waals surface area (Å²) in [6, 6.07) is 18.8. The van der Waals surface area contributed by atoms with Crippen LogP contribution in [-0.4, -0.2) is 6.10 Å². The Morgan fingerprint density at radius 3 is 2.50 bits per heavy atom. The van der Waals surface area contributed by atoms with Crippen molar-refractivity contribution < 1.29 is 4.74 Å². The summed E-state index contributed by atoms with van der Waals surface area (Å²) in [5, 5.41) is 0. The summed E-state index contributed by atoms with van der Waals surface area (Å²) in [7, 11) is 0. The molecule has 0 aliphatic carbocycles. The first-order valence-corrected chi connectivity index (χ1v) is 5.70. The molecule has 0 radical (unpaired) electrons. The van der Waals surface area contributed by atoms with Gasteiger partial charge < -0.3 is 4.74 Å². The van der Waals surface area contributed by atoms with Crippen molar-refractivity contribution in [2.24, 2.45) is 0 Å². The lowest BCUT2D eigenvalue weighted by atomic mass is 10.0. The molecule has 0 unspecified atom stereocenters. The highest BCUT2D eigenvalue weighted by Gasteiger charge is 2.22. The zero-order chi connectivity index (χ0) is 10.8. The van der Waals surface area contributed by atoms with Crippen molar-refractivity contribution in [3.63, 3.8) is 0 Å². The van der Waals surface area contributed by atoms with Crippen molar-refractivity contribution in [2.75, 3.05) is 0 Å². The van der Waals surface area contributed by atoms with E-state index in [1.807, 2.05) is 12.1 Å². The molecule has 0 amide bonds. The molecule has 2 aromatic rings. The third kappa shape index (κ3) is 1.81. The highest BCUT2D eigenvalue weighted by atomic mass is 16.5. The third-order valence-corrected chi connectivity index (χ3v) is 3.02. The highest BCUT2D eigenvalue weighted by Crippen LogP contribution is 2.29. The predicted molar refractivity (Wildman–Crippen MR) is 64.7 cm³/mol. The van der Waals surface area contributed by atoms with Gasteiger partial charge in [-0.25, -0.2) is 0 Å². The molecular formula is C15H14O. The fourth-order valence-corrected chi connectivity index (χ4v) is 2.24. The van der Waals surface area contributed by atoms with Crippen molar-refractivity contribution in [1.29, 1.82) is 0 Å². The molecule has 16 heavy (non-hydrogen) atoms. The van der Waals surface area contributed by atoms with Gasteiger partial charge in [-0.1, -0.05) is 48.5 Å². The summed E-state index contributed by atoms with van der Waals surface area (Å²) in [6.45, 7) is 0. The Morgan fingerprint density at radius 1 is 0.938 bits per heavy atom. The van der Waals surface area contributed by atoms with E-state index in [0.717, 1.165) is 18.6 Å². The molecule has 0 N–H and O–H groups in total. The lowest BCUT2D eigenvalue weighted by molar-refractivity contribution is 0.233. The molecule has 1 aliphatic heterocycles. The molecule has 0 fully saturated rings. The highest BCUT2D eigenvalue weighted by molar-refractivity contribution is 5.37. The van der Waals surface area contributed by atoms with Crippen LogP contribution in [0.1, 0.15) is 11.1 Å². The van der Waals surface area contributed by atoms with Gasteiger partial charge in [-0.3, -0.25) is 0 Å². The predicted octanol–water partition coefficient (Wildman–Crippen LogP) is 3.23. The van der Waals surface area contributed by atoms with Crippen LogP contribution in [0.4, 0.5) is 0 Å². The second-order valence-electron chi connectivity index (χ2n) is 4.24. The summed E-state index contributed by atoms with van der Waals surface area (Å²) >= 11 is 0. The van der Waals surface area contributed by atoms with Crippen molar-refractivity contribution in [1.82, 2.24) is 0 Å². The van der Waals surface area contributed by atoms with Crippen molar-refractivity contribution >= 4 is 0 Å². The van der Waals surface area contributed by atoms with E-state index in [-0.39, 0.29) is 0 Å². The van der Waals surface area contributed by atoms with Gasteiger partial charge in [-0.2, -0.15) is 0 Å². The van der Waals surface area contributed by atoms with Crippen LogP contribution >= 0.6 is 0 Å². The van der Waals surface area contributed by atoms with Crippen LogP contribution in [-0.2, 0) is 12.8 Å². The molecule has 1 nitrogen and oxygen atoms in total. The monoisotopic (exact) mass is 210 g/mol. The fraction of sp³-hybridized carbons (Fsp3) is 0.200. The van der Waals surface area contributed by atoms with E-state index in [1.165, 1.54) is 11.1 Å². The molecule has 1 aliphatic rings. The van der Waals surface area contributed by atoms with E-state index in [1.54, 1.807) is 0 Å². The van der Waals surface area contributed by atoms with Crippen LogP contribution in [0.5, 0.6) is 5.75 Å². The first-order valence-electron chi connectivity index (χ1n) is 5.70. The minimum Gasteiger partial charge on any atom is -0.489 e. The maximum atomic E-state index is 5.91. The van der Waals surface area contributed by atoms with Gasteiger partial charge in [0.1, 0.15) is 11.9 Å². The first-order chi connectivity index (χ1) is 7.92. The summed E-state index contributed by atoms with van der Waals surface area (Å²) < 4.78 is 5.91. The minimum absolute atomic E-state index is 0.305. The maximum Gasteiger partial charge on any atom is 0.123 e. The SMILES string of the molecule is c1ccc(C[C@@H]2Cc3ccccc3O2)cc1. The number of rotatable bonds is 2. The summed E-state index contributed by atoms with van der Waals surface area (Å²) in [5.41, 5.74) is 2.68. The molecule has 0 bridgehead atoms. The van der Waals surface area contributed by atoms with Crippen molar-refractivity contribution in [3.8, 4) is 5.75 Å². The number of benzene rings is 2. The second kappa shape index (κ2) is 4.01. The molecule has 0 saturated heterocycles. The zero-order valence-corrected chi connectivity index (χ0v) is 9.10. The maximum absolute atomic E-state index is 5.91. The van der Waals surface area contributed by atoms with E-state index in [2.05, 4.69) is 42.5 Å². The molecule has 2 aromatic carbocycles. The summed E-state index contributed by atoms with van der Waals surface area (Å²) in [6.07, 6.45) is 2.33.